The molecule has 2 heterocycles. The molecule has 0 saturated carbocycles. The lowest BCUT2D eigenvalue weighted by Gasteiger charge is -2.24. The van der Waals surface area contributed by atoms with E-state index in [0.29, 0.717) is 12.5 Å². The van der Waals surface area contributed by atoms with Gasteiger partial charge in [0, 0.05) is 32.1 Å². The van der Waals surface area contributed by atoms with Crippen LogP contribution < -0.4 is 5.32 Å². The molecule has 2 unspecified atom stereocenters. The number of piperidine rings is 1. The molecule has 2 atom stereocenters. The minimum absolute atomic E-state index is 0.680. The Morgan fingerprint density at radius 3 is 3.15 bits per heavy atom. The summed E-state index contributed by atoms with van der Waals surface area (Å²) in [4.78, 5) is 2.43. The van der Waals surface area contributed by atoms with Crippen LogP contribution in [0.15, 0.2) is 0 Å². The first kappa shape index (κ1) is 8.98. The SMILES string of the molecule is N#CCCN1CC2CCCNC2C1. The van der Waals surface area contributed by atoms with Gasteiger partial charge < -0.3 is 10.2 Å². The summed E-state index contributed by atoms with van der Waals surface area (Å²) in [7, 11) is 0. The highest BCUT2D eigenvalue weighted by molar-refractivity contribution is 4.92. The summed E-state index contributed by atoms with van der Waals surface area (Å²) in [6.45, 7) is 4.52. The van der Waals surface area contributed by atoms with Gasteiger partial charge in [0.15, 0.2) is 0 Å². The molecule has 1 N–H and O–H groups in total. The molecular weight excluding hydrogens is 162 g/mol. The first-order valence-electron chi connectivity index (χ1n) is 5.23. The van der Waals surface area contributed by atoms with Crippen molar-refractivity contribution in [3.05, 3.63) is 0 Å². The summed E-state index contributed by atoms with van der Waals surface area (Å²) in [5, 5.41) is 12.1. The molecule has 2 fully saturated rings. The normalized spacial score (nSPS) is 34.1. The van der Waals surface area contributed by atoms with Crippen LogP contribution in [0.5, 0.6) is 0 Å². The Bertz CT molecular complexity index is 195. The van der Waals surface area contributed by atoms with E-state index in [1.54, 1.807) is 0 Å². The molecule has 2 saturated heterocycles. The summed E-state index contributed by atoms with van der Waals surface area (Å²) in [6, 6.07) is 2.93. The Morgan fingerprint density at radius 2 is 2.38 bits per heavy atom. The topological polar surface area (TPSA) is 39.1 Å². The number of rotatable bonds is 2. The molecule has 0 spiro atoms. The Labute approximate surface area is 79.7 Å². The molecule has 3 nitrogen and oxygen atoms in total. The monoisotopic (exact) mass is 179 g/mol. The predicted molar refractivity (Wildman–Crippen MR) is 51.2 cm³/mol. The van der Waals surface area contributed by atoms with Crippen LogP contribution in [-0.4, -0.2) is 37.1 Å². The molecule has 72 valence electrons. The van der Waals surface area contributed by atoms with E-state index < -0.39 is 0 Å². The molecule has 2 rings (SSSR count). The predicted octanol–water partition coefficient (Wildman–Crippen LogP) is 0.584. The quantitative estimate of drug-likeness (QED) is 0.674. The van der Waals surface area contributed by atoms with Crippen molar-refractivity contribution >= 4 is 0 Å². The smallest absolute Gasteiger partial charge is 0.0635 e. The van der Waals surface area contributed by atoms with Crippen LogP contribution in [0, 0.1) is 17.2 Å². The van der Waals surface area contributed by atoms with Gasteiger partial charge in [-0.3, -0.25) is 0 Å². The van der Waals surface area contributed by atoms with E-state index in [9.17, 15) is 0 Å². The number of fused-ring (bicyclic) bond motifs is 1. The lowest BCUT2D eigenvalue weighted by molar-refractivity contribution is 0.325. The number of nitriles is 1. The maximum absolute atomic E-state index is 8.49. The number of nitrogens with zero attached hydrogens (tertiary/aromatic N) is 2. The van der Waals surface area contributed by atoms with Crippen molar-refractivity contribution in [2.75, 3.05) is 26.2 Å². The molecule has 2 aliphatic rings. The Kier molecular flexibility index (Phi) is 2.82. The van der Waals surface area contributed by atoms with Gasteiger partial charge in [-0.25, -0.2) is 0 Å². The summed E-state index contributed by atoms with van der Waals surface area (Å²) in [5.41, 5.74) is 0. The maximum atomic E-state index is 8.49. The Balaban J connectivity index is 1.81. The lowest BCUT2D eigenvalue weighted by atomic mass is 9.94. The zero-order valence-corrected chi connectivity index (χ0v) is 8.00. The third-order valence-corrected chi connectivity index (χ3v) is 3.21. The van der Waals surface area contributed by atoms with Crippen molar-refractivity contribution in [1.29, 1.82) is 5.26 Å². The van der Waals surface area contributed by atoms with Crippen LogP contribution >= 0.6 is 0 Å². The fourth-order valence-corrected chi connectivity index (χ4v) is 2.53. The van der Waals surface area contributed by atoms with Crippen LogP contribution in [0.1, 0.15) is 19.3 Å². The van der Waals surface area contributed by atoms with Gasteiger partial charge in [0.2, 0.25) is 0 Å². The summed E-state index contributed by atoms with van der Waals surface area (Å²) in [5.74, 6) is 0.854. The number of hydrogen-bond acceptors (Lipinski definition) is 3. The van der Waals surface area contributed by atoms with Gasteiger partial charge >= 0.3 is 0 Å². The van der Waals surface area contributed by atoms with Crippen molar-refractivity contribution in [1.82, 2.24) is 10.2 Å². The van der Waals surface area contributed by atoms with Crippen molar-refractivity contribution in [2.24, 2.45) is 5.92 Å². The summed E-state index contributed by atoms with van der Waals surface area (Å²) >= 11 is 0. The third-order valence-electron chi connectivity index (χ3n) is 3.21. The first-order valence-corrected chi connectivity index (χ1v) is 5.23. The first-order chi connectivity index (χ1) is 6.40. The summed E-state index contributed by atoms with van der Waals surface area (Å²) < 4.78 is 0. The van der Waals surface area contributed by atoms with Crippen LogP contribution in [0.2, 0.25) is 0 Å². The maximum Gasteiger partial charge on any atom is 0.0635 e. The van der Waals surface area contributed by atoms with Crippen molar-refractivity contribution < 1.29 is 0 Å². The van der Waals surface area contributed by atoms with E-state index in [1.807, 2.05) is 0 Å². The second kappa shape index (κ2) is 4.08. The molecule has 0 aromatic carbocycles. The van der Waals surface area contributed by atoms with E-state index in [0.717, 1.165) is 19.0 Å². The average molecular weight is 179 g/mol. The van der Waals surface area contributed by atoms with Gasteiger partial charge in [0.25, 0.3) is 0 Å². The molecular formula is C10H17N3. The zero-order valence-electron chi connectivity index (χ0n) is 8.00. The molecule has 3 heteroatoms. The molecule has 13 heavy (non-hydrogen) atoms. The fraction of sp³-hybridized carbons (Fsp3) is 0.900. The van der Waals surface area contributed by atoms with E-state index in [4.69, 9.17) is 5.26 Å². The largest absolute Gasteiger partial charge is 0.312 e. The van der Waals surface area contributed by atoms with Gasteiger partial charge in [0.05, 0.1) is 6.07 Å². The second-order valence-electron chi connectivity index (χ2n) is 4.13. The highest BCUT2D eigenvalue weighted by Gasteiger charge is 2.33. The van der Waals surface area contributed by atoms with Gasteiger partial charge in [-0.05, 0) is 25.3 Å². The van der Waals surface area contributed by atoms with Crippen molar-refractivity contribution in [3.63, 3.8) is 0 Å². The summed E-state index contributed by atoms with van der Waals surface area (Å²) in [6.07, 6.45) is 3.38. The molecule has 0 aromatic rings. The molecule has 0 bridgehead atoms. The van der Waals surface area contributed by atoms with Gasteiger partial charge in [0.1, 0.15) is 0 Å². The molecule has 2 aliphatic heterocycles. The highest BCUT2D eigenvalue weighted by Crippen LogP contribution is 2.24. The van der Waals surface area contributed by atoms with Crippen LogP contribution in [0.4, 0.5) is 0 Å². The Hall–Kier alpha value is -0.590. The fourth-order valence-electron chi connectivity index (χ4n) is 2.53. The van der Waals surface area contributed by atoms with Crippen LogP contribution in [-0.2, 0) is 0 Å². The molecule has 0 aliphatic carbocycles. The third kappa shape index (κ3) is 2.01. The van der Waals surface area contributed by atoms with Crippen molar-refractivity contribution in [3.8, 4) is 6.07 Å². The van der Waals surface area contributed by atoms with Gasteiger partial charge in [-0.2, -0.15) is 5.26 Å². The van der Waals surface area contributed by atoms with Crippen molar-refractivity contribution in [2.45, 2.75) is 25.3 Å². The zero-order chi connectivity index (χ0) is 9.10. The van der Waals surface area contributed by atoms with E-state index >= 15 is 0 Å². The van der Waals surface area contributed by atoms with Crippen LogP contribution in [0.3, 0.4) is 0 Å². The molecule has 0 amide bonds. The van der Waals surface area contributed by atoms with Crippen LogP contribution in [0.25, 0.3) is 0 Å². The van der Waals surface area contributed by atoms with E-state index in [2.05, 4.69) is 16.3 Å². The number of hydrogen-bond donors (Lipinski definition) is 1. The van der Waals surface area contributed by atoms with E-state index in [1.165, 1.54) is 25.9 Å². The Morgan fingerprint density at radius 1 is 1.46 bits per heavy atom. The minimum atomic E-state index is 0.680. The lowest BCUT2D eigenvalue weighted by Crippen LogP contribution is -2.40. The highest BCUT2D eigenvalue weighted by atomic mass is 15.2. The molecule has 0 radical (unpaired) electrons. The van der Waals surface area contributed by atoms with Gasteiger partial charge in [-0.1, -0.05) is 0 Å². The standard InChI is InChI=1S/C10H17N3/c11-4-2-6-13-7-9-3-1-5-12-10(9)8-13/h9-10,12H,1-3,5-8H2. The average Bonchev–Trinajstić information content (AvgIpc) is 2.57. The second-order valence-corrected chi connectivity index (χ2v) is 4.13. The van der Waals surface area contributed by atoms with Gasteiger partial charge in [-0.15, -0.1) is 0 Å². The number of nitrogens with one attached hydrogen (secondary N) is 1. The molecule has 0 aromatic heterocycles. The number of likely N-dealkylation sites (tertiary alicyclic amines) is 1. The van der Waals surface area contributed by atoms with E-state index in [-0.39, 0.29) is 0 Å². The minimum Gasteiger partial charge on any atom is -0.312 e.